The van der Waals surface area contributed by atoms with Crippen molar-refractivity contribution in [2.75, 3.05) is 13.1 Å². The lowest BCUT2D eigenvalue weighted by atomic mass is 10.1. The van der Waals surface area contributed by atoms with Gasteiger partial charge in [0, 0.05) is 11.1 Å². The summed E-state index contributed by atoms with van der Waals surface area (Å²) >= 11 is 0. The van der Waals surface area contributed by atoms with Crippen LogP contribution in [0.25, 0.3) is 10.9 Å². The Bertz CT molecular complexity index is 560. The number of aromatic nitrogens is 1. The molecule has 1 unspecified atom stereocenters. The van der Waals surface area contributed by atoms with Crippen molar-refractivity contribution in [3.05, 3.63) is 36.0 Å². The van der Waals surface area contributed by atoms with Gasteiger partial charge in [-0.2, -0.15) is 0 Å². The van der Waals surface area contributed by atoms with E-state index >= 15 is 0 Å². The molecule has 19 heavy (non-hydrogen) atoms. The summed E-state index contributed by atoms with van der Waals surface area (Å²) < 4.78 is 6.20. The first-order valence-electron chi connectivity index (χ1n) is 7.07. The zero-order valence-electron chi connectivity index (χ0n) is 11.4. The molecule has 3 nitrogen and oxygen atoms in total. The molecule has 3 rings (SSSR count). The van der Waals surface area contributed by atoms with Gasteiger partial charge in [0.05, 0.1) is 0 Å². The van der Waals surface area contributed by atoms with Crippen molar-refractivity contribution in [1.82, 2.24) is 10.3 Å². The Morgan fingerprint density at radius 2 is 2.11 bits per heavy atom. The van der Waals surface area contributed by atoms with Crippen LogP contribution in [0.1, 0.15) is 25.0 Å². The maximum atomic E-state index is 6.20. The second kappa shape index (κ2) is 5.57. The largest absolute Gasteiger partial charge is 0.488 e. The van der Waals surface area contributed by atoms with Gasteiger partial charge in [0.1, 0.15) is 17.4 Å². The fraction of sp³-hybridized carbons (Fsp3) is 0.438. The summed E-state index contributed by atoms with van der Waals surface area (Å²) in [6.07, 6.45) is 3.68. The molecule has 100 valence electrons. The van der Waals surface area contributed by atoms with E-state index in [-0.39, 0.29) is 0 Å². The van der Waals surface area contributed by atoms with Crippen molar-refractivity contribution in [2.24, 2.45) is 0 Å². The van der Waals surface area contributed by atoms with Gasteiger partial charge < -0.3 is 10.1 Å². The molecule has 1 aliphatic rings. The summed E-state index contributed by atoms with van der Waals surface area (Å²) in [4.78, 5) is 4.62. The topological polar surface area (TPSA) is 34.1 Å². The second-order valence-corrected chi connectivity index (χ2v) is 5.20. The minimum Gasteiger partial charge on any atom is -0.488 e. The number of hydrogen-bond donors (Lipinski definition) is 1. The van der Waals surface area contributed by atoms with E-state index in [1.165, 1.54) is 6.42 Å². The van der Waals surface area contributed by atoms with Gasteiger partial charge in [0.2, 0.25) is 0 Å². The van der Waals surface area contributed by atoms with Crippen LogP contribution >= 0.6 is 0 Å². The van der Waals surface area contributed by atoms with E-state index in [2.05, 4.69) is 22.4 Å². The Balaban J connectivity index is 1.89. The molecule has 1 fully saturated rings. The number of nitrogens with zero attached hydrogens (tertiary/aromatic N) is 1. The third-order valence-electron chi connectivity index (χ3n) is 3.64. The number of nitrogens with one attached hydrogen (secondary N) is 1. The Morgan fingerprint density at radius 3 is 3.05 bits per heavy atom. The quantitative estimate of drug-likeness (QED) is 0.896. The van der Waals surface area contributed by atoms with Crippen LogP contribution in [0.4, 0.5) is 0 Å². The molecule has 1 aliphatic heterocycles. The third kappa shape index (κ3) is 2.87. The Morgan fingerprint density at radius 1 is 1.16 bits per heavy atom. The summed E-state index contributed by atoms with van der Waals surface area (Å²) in [5, 5.41) is 4.56. The van der Waals surface area contributed by atoms with Gasteiger partial charge in [0.25, 0.3) is 0 Å². The number of para-hydroxylation sites is 1. The molecule has 1 aromatic carbocycles. The third-order valence-corrected chi connectivity index (χ3v) is 3.64. The molecule has 2 heterocycles. The molecule has 1 N–H and O–H groups in total. The van der Waals surface area contributed by atoms with Crippen molar-refractivity contribution in [1.29, 1.82) is 0 Å². The summed E-state index contributed by atoms with van der Waals surface area (Å²) in [6.45, 7) is 4.17. The first-order valence-corrected chi connectivity index (χ1v) is 7.07. The van der Waals surface area contributed by atoms with Crippen LogP contribution < -0.4 is 10.1 Å². The van der Waals surface area contributed by atoms with Crippen molar-refractivity contribution in [3.8, 4) is 5.75 Å². The summed E-state index contributed by atoms with van der Waals surface area (Å²) in [6, 6.07) is 10.3. The van der Waals surface area contributed by atoms with Crippen LogP contribution in [-0.2, 0) is 0 Å². The lowest BCUT2D eigenvalue weighted by Gasteiger charge is -2.17. The van der Waals surface area contributed by atoms with Crippen molar-refractivity contribution < 1.29 is 4.74 Å². The lowest BCUT2D eigenvalue weighted by Crippen LogP contribution is -2.19. The maximum Gasteiger partial charge on any atom is 0.145 e. The molecule has 1 aromatic heterocycles. The molecule has 0 spiro atoms. The van der Waals surface area contributed by atoms with Gasteiger partial charge in [-0.05, 0) is 51.4 Å². The van der Waals surface area contributed by atoms with Gasteiger partial charge in [-0.25, -0.2) is 4.98 Å². The Labute approximate surface area is 114 Å². The second-order valence-electron chi connectivity index (χ2n) is 5.20. The molecule has 0 bridgehead atoms. The predicted molar refractivity (Wildman–Crippen MR) is 77.6 cm³/mol. The summed E-state index contributed by atoms with van der Waals surface area (Å²) in [7, 11) is 0. The molecule has 3 heteroatoms. The molecule has 0 saturated carbocycles. The average molecular weight is 256 g/mol. The van der Waals surface area contributed by atoms with E-state index < -0.39 is 0 Å². The molecule has 1 atom stereocenters. The first-order chi connectivity index (χ1) is 9.33. The van der Waals surface area contributed by atoms with Crippen molar-refractivity contribution in [3.63, 3.8) is 0 Å². The van der Waals surface area contributed by atoms with Crippen LogP contribution in [0.3, 0.4) is 0 Å². The fourth-order valence-electron chi connectivity index (χ4n) is 2.60. The smallest absolute Gasteiger partial charge is 0.145 e. The van der Waals surface area contributed by atoms with Crippen molar-refractivity contribution >= 4 is 10.9 Å². The highest BCUT2D eigenvalue weighted by Crippen LogP contribution is 2.26. The monoisotopic (exact) mass is 256 g/mol. The van der Waals surface area contributed by atoms with E-state index in [0.717, 1.165) is 48.3 Å². The zero-order valence-corrected chi connectivity index (χ0v) is 11.4. The minimum atomic E-state index is 0.308. The fourth-order valence-corrected chi connectivity index (χ4v) is 2.60. The highest BCUT2D eigenvalue weighted by Gasteiger charge is 2.15. The lowest BCUT2D eigenvalue weighted by molar-refractivity contribution is 0.189. The number of benzene rings is 1. The standard InChI is InChI=1S/C16H20N2O/c1-12-7-8-13-4-2-6-15(16(13)18-12)19-14-5-3-10-17-11-9-14/h2,4,6-8,14,17H,3,5,9-11H2,1H3. The highest BCUT2D eigenvalue weighted by molar-refractivity contribution is 5.84. The van der Waals surface area contributed by atoms with E-state index in [4.69, 9.17) is 4.74 Å². The molecule has 1 saturated heterocycles. The normalized spacial score (nSPS) is 20.2. The Hall–Kier alpha value is -1.61. The average Bonchev–Trinajstić information content (AvgIpc) is 2.68. The number of fused-ring (bicyclic) bond motifs is 1. The van der Waals surface area contributed by atoms with E-state index in [1.807, 2.05) is 25.1 Å². The maximum absolute atomic E-state index is 6.20. The zero-order chi connectivity index (χ0) is 13.1. The summed E-state index contributed by atoms with van der Waals surface area (Å²) in [5.74, 6) is 0.924. The molecule has 0 amide bonds. The predicted octanol–water partition coefficient (Wildman–Crippen LogP) is 3.06. The SMILES string of the molecule is Cc1ccc2cccc(OC3CCCNCC3)c2n1. The van der Waals surface area contributed by atoms with Gasteiger partial charge in [-0.3, -0.25) is 0 Å². The molecule has 0 radical (unpaired) electrons. The Kier molecular flexibility index (Phi) is 3.65. The van der Waals surface area contributed by atoms with Crippen LogP contribution in [-0.4, -0.2) is 24.2 Å². The van der Waals surface area contributed by atoms with Gasteiger partial charge in [0.15, 0.2) is 0 Å². The first kappa shape index (κ1) is 12.4. The van der Waals surface area contributed by atoms with Gasteiger partial charge in [-0.15, -0.1) is 0 Å². The van der Waals surface area contributed by atoms with E-state index in [1.54, 1.807) is 0 Å². The number of rotatable bonds is 2. The van der Waals surface area contributed by atoms with Crippen LogP contribution in [0, 0.1) is 6.92 Å². The van der Waals surface area contributed by atoms with Crippen LogP contribution in [0.15, 0.2) is 30.3 Å². The molecular formula is C16H20N2O. The van der Waals surface area contributed by atoms with E-state index in [0.29, 0.717) is 6.10 Å². The molecular weight excluding hydrogens is 236 g/mol. The number of ether oxygens (including phenoxy) is 1. The molecule has 0 aliphatic carbocycles. The number of hydrogen-bond acceptors (Lipinski definition) is 3. The van der Waals surface area contributed by atoms with Gasteiger partial charge >= 0.3 is 0 Å². The van der Waals surface area contributed by atoms with Crippen molar-refractivity contribution in [2.45, 2.75) is 32.3 Å². The van der Waals surface area contributed by atoms with Gasteiger partial charge in [-0.1, -0.05) is 18.2 Å². The number of aryl methyl sites for hydroxylation is 1. The minimum absolute atomic E-state index is 0.308. The van der Waals surface area contributed by atoms with Crippen LogP contribution in [0.2, 0.25) is 0 Å². The van der Waals surface area contributed by atoms with Crippen LogP contribution in [0.5, 0.6) is 5.75 Å². The summed E-state index contributed by atoms with van der Waals surface area (Å²) in [5.41, 5.74) is 2.02. The number of pyridine rings is 1. The van der Waals surface area contributed by atoms with E-state index in [9.17, 15) is 0 Å². The highest BCUT2D eigenvalue weighted by atomic mass is 16.5. The molecule has 2 aromatic rings.